The Bertz CT molecular complexity index is 444. The number of thioether (sulfide) groups is 1. The Morgan fingerprint density at radius 3 is 3.11 bits per heavy atom. The van der Waals surface area contributed by atoms with E-state index in [4.69, 9.17) is 0 Å². The minimum absolute atomic E-state index is 0.0380. The molecule has 106 valence electrons. The zero-order chi connectivity index (χ0) is 13.9. The van der Waals surface area contributed by atoms with Gasteiger partial charge in [0.15, 0.2) is 0 Å². The van der Waals surface area contributed by atoms with E-state index >= 15 is 0 Å². The minimum atomic E-state index is -0.0380. The predicted octanol–water partition coefficient (Wildman–Crippen LogP) is 1.57. The fraction of sp³-hybridized carbons (Fsp3) is 0.692. The first-order chi connectivity index (χ1) is 8.98. The highest BCUT2D eigenvalue weighted by Gasteiger charge is 2.28. The van der Waals surface area contributed by atoms with E-state index in [0.717, 1.165) is 11.4 Å². The molecule has 2 rings (SSSR count). The molecule has 6 heteroatoms. The van der Waals surface area contributed by atoms with Crippen LogP contribution in [0.25, 0.3) is 0 Å². The highest BCUT2D eigenvalue weighted by atomic mass is 32.2. The summed E-state index contributed by atoms with van der Waals surface area (Å²) in [6.45, 7) is 4.88. The van der Waals surface area contributed by atoms with Gasteiger partial charge in [-0.3, -0.25) is 9.48 Å². The number of aromatic nitrogens is 2. The van der Waals surface area contributed by atoms with Crippen LogP contribution in [0.1, 0.15) is 20.3 Å². The number of hydrogen-bond acceptors (Lipinski definition) is 4. The molecule has 1 atom stereocenters. The molecule has 2 N–H and O–H groups in total. The normalized spacial score (nSPS) is 21.9. The third kappa shape index (κ3) is 4.16. The molecule has 5 nitrogen and oxygen atoms in total. The summed E-state index contributed by atoms with van der Waals surface area (Å²) in [5.41, 5.74) is 1.38. The maximum atomic E-state index is 11.3. The Morgan fingerprint density at radius 2 is 2.42 bits per heavy atom. The predicted molar refractivity (Wildman–Crippen MR) is 79.4 cm³/mol. The summed E-state index contributed by atoms with van der Waals surface area (Å²) in [6.07, 6.45) is 4.84. The number of likely N-dealkylation sites (N-methyl/N-ethyl adjacent to an activating group) is 1. The third-order valence-electron chi connectivity index (χ3n) is 3.20. The standard InChI is InChI=1S/C13H22N4OS/c1-13(2)4-10(8-19-9-13)16-11-5-15-17(6-11)7-12(18)14-3/h5-6,10,16H,4,7-9H2,1-3H3,(H,14,18). The highest BCUT2D eigenvalue weighted by molar-refractivity contribution is 7.99. The Hall–Kier alpha value is -1.17. The zero-order valence-electron chi connectivity index (χ0n) is 11.8. The van der Waals surface area contributed by atoms with Crippen molar-refractivity contribution in [3.63, 3.8) is 0 Å². The van der Waals surface area contributed by atoms with Gasteiger partial charge in [-0.25, -0.2) is 0 Å². The topological polar surface area (TPSA) is 59.0 Å². The molecule has 2 heterocycles. The molecule has 1 saturated heterocycles. The fourth-order valence-corrected chi connectivity index (χ4v) is 3.62. The van der Waals surface area contributed by atoms with E-state index in [9.17, 15) is 4.79 Å². The molecular weight excluding hydrogens is 260 g/mol. The van der Waals surface area contributed by atoms with Gasteiger partial charge < -0.3 is 10.6 Å². The van der Waals surface area contributed by atoms with Gasteiger partial charge in [-0.05, 0) is 17.6 Å². The van der Waals surface area contributed by atoms with E-state index in [0.29, 0.717) is 11.5 Å². The van der Waals surface area contributed by atoms with E-state index in [1.165, 1.54) is 12.2 Å². The summed E-state index contributed by atoms with van der Waals surface area (Å²) in [5.74, 6) is 2.31. The van der Waals surface area contributed by atoms with Crippen molar-refractivity contribution in [3.05, 3.63) is 12.4 Å². The van der Waals surface area contributed by atoms with E-state index < -0.39 is 0 Å². The van der Waals surface area contributed by atoms with Gasteiger partial charge in [0, 0.05) is 25.0 Å². The van der Waals surface area contributed by atoms with Crippen LogP contribution in [0.15, 0.2) is 12.4 Å². The Morgan fingerprint density at radius 1 is 1.63 bits per heavy atom. The van der Waals surface area contributed by atoms with E-state index in [-0.39, 0.29) is 12.5 Å². The Kier molecular flexibility index (Phi) is 4.39. The van der Waals surface area contributed by atoms with Gasteiger partial charge in [0.25, 0.3) is 0 Å². The molecule has 0 radical (unpaired) electrons. The largest absolute Gasteiger partial charge is 0.379 e. The first-order valence-corrected chi connectivity index (χ1v) is 7.71. The Balaban J connectivity index is 1.91. The van der Waals surface area contributed by atoms with E-state index in [1.54, 1.807) is 17.9 Å². The van der Waals surface area contributed by atoms with Gasteiger partial charge in [0.1, 0.15) is 6.54 Å². The average molecular weight is 282 g/mol. The summed E-state index contributed by atoms with van der Waals surface area (Å²) in [6, 6.07) is 0.478. The molecule has 0 spiro atoms. The summed E-state index contributed by atoms with van der Waals surface area (Å²) in [7, 11) is 1.63. The second-order valence-corrected chi connectivity index (χ2v) is 6.85. The van der Waals surface area contributed by atoms with Crippen LogP contribution in [0.3, 0.4) is 0 Å². The lowest BCUT2D eigenvalue weighted by molar-refractivity contribution is -0.121. The molecule has 1 aromatic rings. The molecular formula is C13H22N4OS. The molecule has 1 aliphatic heterocycles. The van der Waals surface area contributed by atoms with Crippen LogP contribution in [0.2, 0.25) is 0 Å². The number of carbonyl (C=O) groups is 1. The van der Waals surface area contributed by atoms with Crippen molar-refractivity contribution >= 4 is 23.4 Å². The van der Waals surface area contributed by atoms with Gasteiger partial charge in [-0.1, -0.05) is 13.8 Å². The molecule has 19 heavy (non-hydrogen) atoms. The van der Waals surface area contributed by atoms with E-state index in [1.807, 2.05) is 18.0 Å². The first kappa shape index (κ1) is 14.2. The van der Waals surface area contributed by atoms with Crippen molar-refractivity contribution in [1.82, 2.24) is 15.1 Å². The van der Waals surface area contributed by atoms with Crippen LogP contribution in [0.4, 0.5) is 5.69 Å². The van der Waals surface area contributed by atoms with Crippen LogP contribution >= 0.6 is 11.8 Å². The Labute approximate surface area is 118 Å². The van der Waals surface area contributed by atoms with Crippen molar-refractivity contribution in [3.8, 4) is 0 Å². The SMILES string of the molecule is CNC(=O)Cn1cc(NC2CSCC(C)(C)C2)cn1. The third-order valence-corrected chi connectivity index (χ3v) is 4.82. The number of carbonyl (C=O) groups excluding carboxylic acids is 1. The lowest BCUT2D eigenvalue weighted by Crippen LogP contribution is -2.35. The molecule has 1 aliphatic rings. The summed E-state index contributed by atoms with van der Waals surface area (Å²) in [5, 5.41) is 10.3. The van der Waals surface area contributed by atoms with Crippen molar-refractivity contribution in [2.45, 2.75) is 32.9 Å². The van der Waals surface area contributed by atoms with Crippen molar-refractivity contribution in [1.29, 1.82) is 0 Å². The van der Waals surface area contributed by atoms with Gasteiger partial charge in [-0.2, -0.15) is 16.9 Å². The molecule has 0 aliphatic carbocycles. The van der Waals surface area contributed by atoms with Crippen LogP contribution in [-0.4, -0.2) is 40.3 Å². The number of anilines is 1. The second-order valence-electron chi connectivity index (χ2n) is 5.82. The molecule has 1 fully saturated rings. The average Bonchev–Trinajstić information content (AvgIpc) is 2.75. The van der Waals surface area contributed by atoms with Crippen LogP contribution in [0.5, 0.6) is 0 Å². The fourth-order valence-electron chi connectivity index (χ4n) is 2.34. The van der Waals surface area contributed by atoms with Crippen molar-refractivity contribution in [2.24, 2.45) is 5.41 Å². The summed E-state index contributed by atoms with van der Waals surface area (Å²) >= 11 is 2.00. The summed E-state index contributed by atoms with van der Waals surface area (Å²) in [4.78, 5) is 11.3. The van der Waals surface area contributed by atoms with Gasteiger partial charge in [0.05, 0.1) is 11.9 Å². The van der Waals surface area contributed by atoms with Gasteiger partial charge >= 0.3 is 0 Å². The number of rotatable bonds is 4. The maximum absolute atomic E-state index is 11.3. The highest BCUT2D eigenvalue weighted by Crippen LogP contribution is 2.34. The monoisotopic (exact) mass is 282 g/mol. The molecule has 0 bridgehead atoms. The lowest BCUT2D eigenvalue weighted by atomic mass is 9.88. The molecule has 1 amide bonds. The zero-order valence-corrected chi connectivity index (χ0v) is 12.6. The number of amides is 1. The molecule has 0 aromatic carbocycles. The number of nitrogens with one attached hydrogen (secondary N) is 2. The smallest absolute Gasteiger partial charge is 0.241 e. The number of hydrogen-bond donors (Lipinski definition) is 2. The van der Waals surface area contributed by atoms with Crippen molar-refractivity contribution < 1.29 is 4.79 Å². The molecule has 0 saturated carbocycles. The second kappa shape index (κ2) is 5.86. The summed E-state index contributed by atoms with van der Waals surface area (Å²) < 4.78 is 1.66. The number of nitrogens with zero attached hydrogens (tertiary/aromatic N) is 2. The van der Waals surface area contributed by atoms with Crippen LogP contribution in [0, 0.1) is 5.41 Å². The van der Waals surface area contributed by atoms with E-state index in [2.05, 4.69) is 29.6 Å². The van der Waals surface area contributed by atoms with Crippen LogP contribution < -0.4 is 10.6 Å². The lowest BCUT2D eigenvalue weighted by Gasteiger charge is -2.35. The molecule has 1 unspecified atom stereocenters. The van der Waals surface area contributed by atoms with Gasteiger partial charge in [-0.15, -0.1) is 0 Å². The molecule has 1 aromatic heterocycles. The van der Waals surface area contributed by atoms with Crippen LogP contribution in [-0.2, 0) is 11.3 Å². The quantitative estimate of drug-likeness (QED) is 0.880. The minimum Gasteiger partial charge on any atom is -0.379 e. The maximum Gasteiger partial charge on any atom is 0.241 e. The van der Waals surface area contributed by atoms with Crippen molar-refractivity contribution in [2.75, 3.05) is 23.9 Å². The van der Waals surface area contributed by atoms with Gasteiger partial charge in [0.2, 0.25) is 5.91 Å². The first-order valence-electron chi connectivity index (χ1n) is 6.56.